The van der Waals surface area contributed by atoms with Crippen molar-refractivity contribution in [2.45, 2.75) is 45.3 Å². The third kappa shape index (κ3) is 3.59. The maximum atomic E-state index is 12.4. The third-order valence-electron chi connectivity index (χ3n) is 4.44. The Kier molecular flexibility index (Phi) is 5.31. The standard InChI is InChI=1S/C14H28N2O4S/c1-12(2)20-11-14-7-5-9-19-13(14)6-8-16(10-14)21(17,18)15(3)4/h12-13H,5-11H2,1-4H3/t13-,14-/m1/s1. The van der Waals surface area contributed by atoms with E-state index >= 15 is 0 Å². The quantitative estimate of drug-likeness (QED) is 0.761. The Hall–Kier alpha value is -0.210. The highest BCUT2D eigenvalue weighted by molar-refractivity contribution is 7.86. The number of hydrogen-bond donors (Lipinski definition) is 0. The van der Waals surface area contributed by atoms with E-state index in [1.165, 1.54) is 4.31 Å². The second-order valence-electron chi connectivity index (χ2n) is 6.60. The van der Waals surface area contributed by atoms with Gasteiger partial charge in [-0.1, -0.05) is 0 Å². The summed E-state index contributed by atoms with van der Waals surface area (Å²) in [6.45, 7) is 6.36. The molecule has 0 aliphatic carbocycles. The Bertz CT molecular complexity index is 452. The molecule has 6 nitrogen and oxygen atoms in total. The van der Waals surface area contributed by atoms with Gasteiger partial charge in [0.2, 0.25) is 0 Å². The largest absolute Gasteiger partial charge is 0.378 e. The molecule has 0 spiro atoms. The summed E-state index contributed by atoms with van der Waals surface area (Å²) in [7, 11) is -0.213. The van der Waals surface area contributed by atoms with Gasteiger partial charge in [-0.15, -0.1) is 0 Å². The van der Waals surface area contributed by atoms with Gasteiger partial charge in [0.25, 0.3) is 10.2 Å². The molecule has 0 saturated carbocycles. The van der Waals surface area contributed by atoms with Crippen LogP contribution in [-0.2, 0) is 19.7 Å². The van der Waals surface area contributed by atoms with Crippen LogP contribution < -0.4 is 0 Å². The smallest absolute Gasteiger partial charge is 0.281 e. The molecule has 0 N–H and O–H groups in total. The number of rotatable bonds is 5. The molecule has 2 atom stereocenters. The highest BCUT2D eigenvalue weighted by atomic mass is 32.2. The van der Waals surface area contributed by atoms with Crippen LogP contribution in [0.1, 0.15) is 33.1 Å². The van der Waals surface area contributed by atoms with Crippen molar-refractivity contribution in [2.75, 3.05) is 40.4 Å². The van der Waals surface area contributed by atoms with E-state index in [2.05, 4.69) is 0 Å². The van der Waals surface area contributed by atoms with Crippen molar-refractivity contribution in [3.8, 4) is 0 Å². The van der Waals surface area contributed by atoms with Crippen molar-refractivity contribution < 1.29 is 17.9 Å². The Labute approximate surface area is 128 Å². The fourth-order valence-electron chi connectivity index (χ4n) is 3.22. The monoisotopic (exact) mass is 320 g/mol. The minimum Gasteiger partial charge on any atom is -0.378 e. The van der Waals surface area contributed by atoms with E-state index in [-0.39, 0.29) is 17.6 Å². The first-order valence-corrected chi connectivity index (χ1v) is 9.08. The zero-order chi connectivity index (χ0) is 15.7. The summed E-state index contributed by atoms with van der Waals surface area (Å²) in [6.07, 6.45) is 2.92. The summed E-state index contributed by atoms with van der Waals surface area (Å²) in [5, 5.41) is 0. The predicted octanol–water partition coefficient (Wildman–Crippen LogP) is 1.09. The van der Waals surface area contributed by atoms with Crippen LogP contribution in [0.5, 0.6) is 0 Å². The lowest BCUT2D eigenvalue weighted by Crippen LogP contribution is -2.59. The molecule has 2 heterocycles. The predicted molar refractivity (Wildman–Crippen MR) is 81.3 cm³/mol. The van der Waals surface area contributed by atoms with E-state index in [0.717, 1.165) is 25.9 Å². The first-order chi connectivity index (χ1) is 9.78. The van der Waals surface area contributed by atoms with Gasteiger partial charge in [-0.3, -0.25) is 0 Å². The molecule has 0 aromatic rings. The van der Waals surface area contributed by atoms with Crippen molar-refractivity contribution >= 4 is 10.2 Å². The molecule has 2 aliphatic rings. The summed E-state index contributed by atoms with van der Waals surface area (Å²) in [5.74, 6) is 0. The molecular formula is C14H28N2O4S. The Morgan fingerprint density at radius 2 is 2.14 bits per heavy atom. The SMILES string of the molecule is CC(C)OC[C@]12CCCO[C@@H]1CCN(S(=O)(=O)N(C)C)C2. The van der Waals surface area contributed by atoms with E-state index in [4.69, 9.17) is 9.47 Å². The average molecular weight is 320 g/mol. The molecule has 0 bridgehead atoms. The zero-order valence-electron chi connectivity index (χ0n) is 13.5. The Morgan fingerprint density at radius 3 is 2.76 bits per heavy atom. The van der Waals surface area contributed by atoms with Crippen molar-refractivity contribution in [1.82, 2.24) is 8.61 Å². The zero-order valence-corrected chi connectivity index (χ0v) is 14.4. The van der Waals surface area contributed by atoms with Crippen LogP contribution in [0.25, 0.3) is 0 Å². The molecule has 2 aliphatic heterocycles. The van der Waals surface area contributed by atoms with E-state index < -0.39 is 10.2 Å². The molecule has 2 fully saturated rings. The van der Waals surface area contributed by atoms with Gasteiger partial charge < -0.3 is 9.47 Å². The number of piperidine rings is 1. The molecule has 7 heteroatoms. The van der Waals surface area contributed by atoms with E-state index in [9.17, 15) is 8.42 Å². The maximum absolute atomic E-state index is 12.4. The molecule has 0 unspecified atom stereocenters. The normalized spacial score (nSPS) is 31.6. The molecule has 124 valence electrons. The lowest BCUT2D eigenvalue weighted by molar-refractivity contribution is -0.148. The number of nitrogens with zero attached hydrogens (tertiary/aromatic N) is 2. The lowest BCUT2D eigenvalue weighted by Gasteiger charge is -2.50. The molecule has 21 heavy (non-hydrogen) atoms. The molecule has 2 rings (SSSR count). The highest BCUT2D eigenvalue weighted by Gasteiger charge is 2.49. The van der Waals surface area contributed by atoms with E-state index in [1.807, 2.05) is 13.8 Å². The fourth-order valence-corrected chi connectivity index (χ4v) is 4.44. The van der Waals surface area contributed by atoms with Gasteiger partial charge in [0.15, 0.2) is 0 Å². The third-order valence-corrected chi connectivity index (χ3v) is 6.33. The molecular weight excluding hydrogens is 292 g/mol. The first-order valence-electron chi connectivity index (χ1n) is 7.69. The molecule has 2 saturated heterocycles. The van der Waals surface area contributed by atoms with Crippen LogP contribution in [0.15, 0.2) is 0 Å². The lowest BCUT2D eigenvalue weighted by atomic mass is 9.73. The van der Waals surface area contributed by atoms with Gasteiger partial charge in [0.1, 0.15) is 0 Å². The first kappa shape index (κ1) is 17.1. The highest BCUT2D eigenvalue weighted by Crippen LogP contribution is 2.41. The van der Waals surface area contributed by atoms with Gasteiger partial charge >= 0.3 is 0 Å². The van der Waals surface area contributed by atoms with Gasteiger partial charge in [-0.05, 0) is 33.1 Å². The minimum atomic E-state index is -3.37. The summed E-state index contributed by atoms with van der Waals surface area (Å²) < 4.78 is 39.5. The topological polar surface area (TPSA) is 59.1 Å². The van der Waals surface area contributed by atoms with Crippen molar-refractivity contribution in [1.29, 1.82) is 0 Å². The van der Waals surface area contributed by atoms with Crippen LogP contribution in [0.2, 0.25) is 0 Å². The van der Waals surface area contributed by atoms with Crippen LogP contribution in [0, 0.1) is 5.41 Å². The van der Waals surface area contributed by atoms with Gasteiger partial charge in [-0.2, -0.15) is 17.0 Å². The van der Waals surface area contributed by atoms with Crippen LogP contribution in [-0.4, -0.2) is 69.6 Å². The second-order valence-corrected chi connectivity index (χ2v) is 8.74. The second kappa shape index (κ2) is 6.50. The fraction of sp³-hybridized carbons (Fsp3) is 1.00. The average Bonchev–Trinajstić information content (AvgIpc) is 2.44. The van der Waals surface area contributed by atoms with E-state index in [0.29, 0.717) is 19.7 Å². The minimum absolute atomic E-state index is 0.110. The molecule has 0 aromatic heterocycles. The Morgan fingerprint density at radius 1 is 1.43 bits per heavy atom. The summed E-state index contributed by atoms with van der Waals surface area (Å²) >= 11 is 0. The maximum Gasteiger partial charge on any atom is 0.281 e. The van der Waals surface area contributed by atoms with Gasteiger partial charge in [-0.25, -0.2) is 0 Å². The Balaban J connectivity index is 2.19. The van der Waals surface area contributed by atoms with Crippen molar-refractivity contribution in [2.24, 2.45) is 5.41 Å². The number of fused-ring (bicyclic) bond motifs is 1. The molecule has 0 aromatic carbocycles. The van der Waals surface area contributed by atoms with Crippen LogP contribution >= 0.6 is 0 Å². The van der Waals surface area contributed by atoms with E-state index in [1.54, 1.807) is 18.4 Å². The van der Waals surface area contributed by atoms with Gasteiger partial charge in [0.05, 0.1) is 18.8 Å². The number of hydrogen-bond acceptors (Lipinski definition) is 4. The number of ether oxygens (including phenoxy) is 2. The molecule has 0 amide bonds. The summed E-state index contributed by atoms with van der Waals surface area (Å²) in [6, 6.07) is 0. The van der Waals surface area contributed by atoms with Crippen molar-refractivity contribution in [3.05, 3.63) is 0 Å². The van der Waals surface area contributed by atoms with Crippen LogP contribution in [0.3, 0.4) is 0 Å². The summed E-state index contributed by atoms with van der Waals surface area (Å²) in [5.41, 5.74) is -0.205. The van der Waals surface area contributed by atoms with Gasteiger partial charge in [0, 0.05) is 39.2 Å². The molecule has 0 radical (unpaired) electrons. The summed E-state index contributed by atoms with van der Waals surface area (Å²) in [4.78, 5) is 0. The van der Waals surface area contributed by atoms with Crippen LogP contribution in [0.4, 0.5) is 0 Å². The van der Waals surface area contributed by atoms with Crippen molar-refractivity contribution in [3.63, 3.8) is 0 Å².